The number of fused-ring (bicyclic) bond motifs is 1. The predicted octanol–water partition coefficient (Wildman–Crippen LogP) is 3.92. The summed E-state index contributed by atoms with van der Waals surface area (Å²) in [5, 5.41) is 7.90. The molecule has 0 radical (unpaired) electrons. The lowest BCUT2D eigenvalue weighted by Crippen LogP contribution is -2.37. The van der Waals surface area contributed by atoms with E-state index in [0.717, 1.165) is 48.4 Å². The van der Waals surface area contributed by atoms with Gasteiger partial charge in [0.15, 0.2) is 5.96 Å². The Morgan fingerprint density at radius 2 is 1.81 bits per heavy atom. The number of benzene rings is 2. The average Bonchev–Trinajstić information content (AvgIpc) is 2.70. The van der Waals surface area contributed by atoms with E-state index in [4.69, 9.17) is 4.99 Å². The lowest BCUT2D eigenvalue weighted by molar-refractivity contribution is 0.744. The van der Waals surface area contributed by atoms with Crippen molar-refractivity contribution in [2.45, 2.75) is 26.3 Å². The van der Waals surface area contributed by atoms with Crippen molar-refractivity contribution in [3.05, 3.63) is 78.0 Å². The van der Waals surface area contributed by atoms with Gasteiger partial charge in [-0.15, -0.1) is 0 Å². The van der Waals surface area contributed by atoms with Crippen molar-refractivity contribution in [1.82, 2.24) is 15.6 Å². The summed E-state index contributed by atoms with van der Waals surface area (Å²) in [4.78, 5) is 9.24. The van der Waals surface area contributed by atoms with Crippen LogP contribution in [0.5, 0.6) is 0 Å². The van der Waals surface area contributed by atoms with Crippen LogP contribution in [0, 0.1) is 0 Å². The maximum absolute atomic E-state index is 4.73. The molecule has 0 fully saturated rings. The van der Waals surface area contributed by atoms with Crippen molar-refractivity contribution in [2.75, 3.05) is 13.1 Å². The van der Waals surface area contributed by atoms with Crippen LogP contribution in [0.2, 0.25) is 0 Å². The summed E-state index contributed by atoms with van der Waals surface area (Å²) in [6.45, 7) is 4.44. The Kier molecular flexibility index (Phi) is 6.59. The van der Waals surface area contributed by atoms with E-state index in [0.29, 0.717) is 6.54 Å². The zero-order valence-corrected chi connectivity index (χ0v) is 15.3. The molecule has 0 bridgehead atoms. The molecule has 0 aliphatic heterocycles. The lowest BCUT2D eigenvalue weighted by Gasteiger charge is -2.11. The lowest BCUT2D eigenvalue weighted by atomic mass is 10.1. The van der Waals surface area contributed by atoms with E-state index in [1.165, 1.54) is 5.56 Å². The number of hydrogen-bond donors (Lipinski definition) is 2. The van der Waals surface area contributed by atoms with Crippen LogP contribution in [0.3, 0.4) is 0 Å². The fraction of sp³-hybridized carbons (Fsp3) is 0.273. The van der Waals surface area contributed by atoms with Gasteiger partial charge < -0.3 is 10.6 Å². The fourth-order valence-electron chi connectivity index (χ4n) is 2.94. The molecule has 2 aromatic carbocycles. The Labute approximate surface area is 155 Å². The molecule has 0 unspecified atom stereocenters. The number of rotatable bonds is 7. The largest absolute Gasteiger partial charge is 0.357 e. The number of hydrogen-bond acceptors (Lipinski definition) is 2. The smallest absolute Gasteiger partial charge is 0.191 e. The summed E-state index contributed by atoms with van der Waals surface area (Å²) in [5.74, 6) is 0.855. The number of aliphatic imine (C=N–C) groups is 1. The summed E-state index contributed by atoms with van der Waals surface area (Å²) in [5.41, 5.74) is 3.54. The van der Waals surface area contributed by atoms with Gasteiger partial charge in [-0.1, -0.05) is 54.6 Å². The van der Waals surface area contributed by atoms with Gasteiger partial charge in [-0.25, -0.2) is 4.99 Å². The number of para-hydroxylation sites is 1. The number of pyridine rings is 1. The summed E-state index contributed by atoms with van der Waals surface area (Å²) in [6, 6.07) is 20.9. The molecule has 26 heavy (non-hydrogen) atoms. The maximum atomic E-state index is 4.73. The van der Waals surface area contributed by atoms with Crippen molar-refractivity contribution >= 4 is 16.9 Å². The second kappa shape index (κ2) is 9.56. The van der Waals surface area contributed by atoms with E-state index < -0.39 is 0 Å². The van der Waals surface area contributed by atoms with Gasteiger partial charge in [-0.3, -0.25) is 4.98 Å². The van der Waals surface area contributed by atoms with E-state index in [1.54, 1.807) is 0 Å². The van der Waals surface area contributed by atoms with Crippen LogP contribution in [0.4, 0.5) is 0 Å². The van der Waals surface area contributed by atoms with Gasteiger partial charge in [0.25, 0.3) is 0 Å². The monoisotopic (exact) mass is 346 g/mol. The van der Waals surface area contributed by atoms with Gasteiger partial charge in [0, 0.05) is 24.7 Å². The molecule has 0 aliphatic carbocycles. The third-order valence-corrected chi connectivity index (χ3v) is 4.25. The van der Waals surface area contributed by atoms with Crippen molar-refractivity contribution in [2.24, 2.45) is 4.99 Å². The normalized spacial score (nSPS) is 11.5. The van der Waals surface area contributed by atoms with Gasteiger partial charge in [-0.05, 0) is 37.0 Å². The second-order valence-electron chi connectivity index (χ2n) is 6.20. The Bertz CT molecular complexity index is 838. The molecular formula is C22H26N4. The van der Waals surface area contributed by atoms with Crippen LogP contribution in [0.25, 0.3) is 10.9 Å². The number of aromatic nitrogens is 1. The summed E-state index contributed by atoms with van der Waals surface area (Å²) < 4.78 is 0. The fourth-order valence-corrected chi connectivity index (χ4v) is 2.94. The number of guanidine groups is 1. The van der Waals surface area contributed by atoms with E-state index >= 15 is 0 Å². The standard InChI is InChI=1S/C22H26N4/c1-2-23-22(25-16-7-11-18-9-4-3-5-10-18)26-17-20-13-6-12-19-14-8-15-24-21(19)20/h3-6,8-10,12-15H,2,7,11,16-17H2,1H3,(H2,23,25,26). The Balaban J connectivity index is 1.58. The molecule has 1 heterocycles. The van der Waals surface area contributed by atoms with Gasteiger partial charge in [0.2, 0.25) is 0 Å². The van der Waals surface area contributed by atoms with Crippen molar-refractivity contribution < 1.29 is 0 Å². The highest BCUT2D eigenvalue weighted by Crippen LogP contribution is 2.16. The van der Waals surface area contributed by atoms with E-state index in [-0.39, 0.29) is 0 Å². The summed E-state index contributed by atoms with van der Waals surface area (Å²) in [7, 11) is 0. The third-order valence-electron chi connectivity index (χ3n) is 4.25. The molecule has 0 aliphatic rings. The van der Waals surface area contributed by atoms with E-state index in [2.05, 4.69) is 77.1 Å². The number of nitrogens with one attached hydrogen (secondary N) is 2. The minimum absolute atomic E-state index is 0.613. The van der Waals surface area contributed by atoms with Gasteiger partial charge in [-0.2, -0.15) is 0 Å². The molecule has 0 amide bonds. The molecule has 0 saturated heterocycles. The average molecular weight is 346 g/mol. The molecule has 134 valence electrons. The van der Waals surface area contributed by atoms with Crippen LogP contribution >= 0.6 is 0 Å². The Hall–Kier alpha value is -2.88. The SMILES string of the molecule is CCNC(=NCc1cccc2cccnc12)NCCCc1ccccc1. The topological polar surface area (TPSA) is 49.3 Å². The zero-order valence-electron chi connectivity index (χ0n) is 15.3. The first kappa shape index (κ1) is 17.9. The molecule has 0 atom stereocenters. The van der Waals surface area contributed by atoms with E-state index in [1.807, 2.05) is 12.3 Å². The van der Waals surface area contributed by atoms with Crippen molar-refractivity contribution in [3.63, 3.8) is 0 Å². The van der Waals surface area contributed by atoms with Gasteiger partial charge in [0.05, 0.1) is 12.1 Å². The first-order chi connectivity index (χ1) is 12.9. The van der Waals surface area contributed by atoms with E-state index in [9.17, 15) is 0 Å². The highest BCUT2D eigenvalue weighted by molar-refractivity contribution is 5.83. The van der Waals surface area contributed by atoms with Crippen LogP contribution in [0.15, 0.2) is 71.9 Å². The Morgan fingerprint density at radius 1 is 0.962 bits per heavy atom. The van der Waals surface area contributed by atoms with Gasteiger partial charge in [0.1, 0.15) is 0 Å². The highest BCUT2D eigenvalue weighted by atomic mass is 15.2. The maximum Gasteiger partial charge on any atom is 0.191 e. The van der Waals surface area contributed by atoms with Gasteiger partial charge >= 0.3 is 0 Å². The minimum atomic E-state index is 0.613. The molecule has 4 nitrogen and oxygen atoms in total. The van der Waals surface area contributed by atoms with Crippen LogP contribution in [-0.4, -0.2) is 24.0 Å². The second-order valence-corrected chi connectivity index (χ2v) is 6.20. The molecule has 3 aromatic rings. The third kappa shape index (κ3) is 5.06. The zero-order chi connectivity index (χ0) is 18.0. The molecule has 0 saturated carbocycles. The number of aryl methyl sites for hydroxylation is 1. The van der Waals surface area contributed by atoms with Crippen molar-refractivity contribution in [1.29, 1.82) is 0 Å². The summed E-state index contributed by atoms with van der Waals surface area (Å²) >= 11 is 0. The van der Waals surface area contributed by atoms with Crippen LogP contribution in [-0.2, 0) is 13.0 Å². The van der Waals surface area contributed by atoms with Crippen molar-refractivity contribution in [3.8, 4) is 0 Å². The molecular weight excluding hydrogens is 320 g/mol. The molecule has 3 rings (SSSR count). The molecule has 4 heteroatoms. The van der Waals surface area contributed by atoms with Crippen LogP contribution < -0.4 is 10.6 Å². The molecule has 2 N–H and O–H groups in total. The molecule has 0 spiro atoms. The first-order valence-electron chi connectivity index (χ1n) is 9.25. The predicted molar refractivity (Wildman–Crippen MR) is 109 cm³/mol. The number of nitrogens with zero attached hydrogens (tertiary/aromatic N) is 2. The quantitative estimate of drug-likeness (QED) is 0.387. The Morgan fingerprint density at radius 3 is 2.65 bits per heavy atom. The van der Waals surface area contributed by atoms with Crippen LogP contribution in [0.1, 0.15) is 24.5 Å². The first-order valence-corrected chi connectivity index (χ1v) is 9.25. The molecule has 1 aromatic heterocycles. The summed E-state index contributed by atoms with van der Waals surface area (Å²) in [6.07, 6.45) is 3.98. The minimum Gasteiger partial charge on any atom is -0.357 e. The highest BCUT2D eigenvalue weighted by Gasteiger charge is 2.02.